The quantitative estimate of drug-likeness (QED) is 0.775. The van der Waals surface area contributed by atoms with Crippen LogP contribution in [-0.2, 0) is 4.74 Å². The Hall–Kier alpha value is -0.120. The molecule has 0 saturated heterocycles. The summed E-state index contributed by atoms with van der Waals surface area (Å²) in [5, 5.41) is 0. The third-order valence-corrected chi connectivity index (χ3v) is 4.51. The average molecular weight is 242 g/mol. The fourth-order valence-electron chi connectivity index (χ4n) is 2.85. The van der Waals surface area contributed by atoms with Gasteiger partial charge in [0.15, 0.2) is 0 Å². The van der Waals surface area contributed by atoms with Gasteiger partial charge in [0.05, 0.1) is 6.61 Å². The van der Waals surface area contributed by atoms with Crippen molar-refractivity contribution in [2.45, 2.75) is 45.6 Å². The molecule has 17 heavy (non-hydrogen) atoms. The molecule has 0 aromatic rings. The van der Waals surface area contributed by atoms with Crippen LogP contribution in [0.2, 0.25) is 0 Å². The van der Waals surface area contributed by atoms with Crippen molar-refractivity contribution in [3.05, 3.63) is 0 Å². The fourth-order valence-corrected chi connectivity index (χ4v) is 2.85. The van der Waals surface area contributed by atoms with E-state index in [9.17, 15) is 0 Å². The Morgan fingerprint density at radius 1 is 1.41 bits per heavy atom. The lowest BCUT2D eigenvalue weighted by Crippen LogP contribution is -2.47. The summed E-state index contributed by atoms with van der Waals surface area (Å²) < 4.78 is 5.22. The predicted octanol–water partition coefficient (Wildman–Crippen LogP) is 2.11. The smallest absolute Gasteiger partial charge is 0.0615 e. The van der Waals surface area contributed by atoms with E-state index in [1.165, 1.54) is 25.7 Å². The van der Waals surface area contributed by atoms with Crippen LogP contribution in [0.3, 0.4) is 0 Å². The van der Waals surface area contributed by atoms with Crippen LogP contribution in [0.15, 0.2) is 0 Å². The summed E-state index contributed by atoms with van der Waals surface area (Å²) in [5.41, 5.74) is 6.40. The zero-order chi connectivity index (χ0) is 12.9. The third kappa shape index (κ3) is 4.23. The van der Waals surface area contributed by atoms with E-state index in [0.29, 0.717) is 11.5 Å². The van der Waals surface area contributed by atoms with Gasteiger partial charge in [-0.15, -0.1) is 0 Å². The van der Waals surface area contributed by atoms with Crippen LogP contribution >= 0.6 is 0 Å². The summed E-state index contributed by atoms with van der Waals surface area (Å²) in [6, 6.07) is 0.475. The molecule has 0 amide bonds. The molecule has 0 aromatic heterocycles. The van der Waals surface area contributed by atoms with Gasteiger partial charge >= 0.3 is 0 Å². The van der Waals surface area contributed by atoms with E-state index in [2.05, 4.69) is 25.8 Å². The van der Waals surface area contributed by atoms with E-state index in [1.807, 2.05) is 0 Å². The van der Waals surface area contributed by atoms with Crippen LogP contribution in [0.5, 0.6) is 0 Å². The van der Waals surface area contributed by atoms with Crippen LogP contribution < -0.4 is 5.73 Å². The minimum atomic E-state index is 0.350. The molecule has 1 atom stereocenters. The van der Waals surface area contributed by atoms with Crippen LogP contribution in [0.4, 0.5) is 0 Å². The second-order valence-corrected chi connectivity index (χ2v) is 6.11. The van der Waals surface area contributed by atoms with Crippen LogP contribution in [0.25, 0.3) is 0 Å². The molecule has 1 unspecified atom stereocenters. The molecule has 0 spiro atoms. The van der Waals surface area contributed by atoms with Crippen molar-refractivity contribution in [1.29, 1.82) is 0 Å². The van der Waals surface area contributed by atoms with Crippen LogP contribution in [0.1, 0.15) is 39.5 Å². The van der Waals surface area contributed by atoms with Crippen LogP contribution in [-0.4, -0.2) is 44.8 Å². The number of rotatable bonds is 6. The Balaban J connectivity index is 2.50. The minimum Gasteiger partial charge on any atom is -0.383 e. The first-order valence-electron chi connectivity index (χ1n) is 6.92. The Bertz CT molecular complexity index is 212. The summed E-state index contributed by atoms with van der Waals surface area (Å²) in [7, 11) is 3.96. The van der Waals surface area contributed by atoms with Gasteiger partial charge in [-0.1, -0.05) is 19.8 Å². The Morgan fingerprint density at radius 2 is 2.00 bits per heavy atom. The number of nitrogens with two attached hydrogens (primary N) is 1. The maximum absolute atomic E-state index is 6.05. The van der Waals surface area contributed by atoms with Crippen molar-refractivity contribution < 1.29 is 4.74 Å². The second-order valence-electron chi connectivity index (χ2n) is 6.11. The zero-order valence-corrected chi connectivity index (χ0v) is 12.0. The van der Waals surface area contributed by atoms with Crippen LogP contribution in [0, 0.1) is 11.3 Å². The molecule has 0 bridgehead atoms. The van der Waals surface area contributed by atoms with Crippen molar-refractivity contribution in [3.63, 3.8) is 0 Å². The van der Waals surface area contributed by atoms with Crippen molar-refractivity contribution in [2.24, 2.45) is 17.1 Å². The van der Waals surface area contributed by atoms with Gasteiger partial charge in [-0.3, -0.25) is 0 Å². The second kappa shape index (κ2) is 6.72. The van der Waals surface area contributed by atoms with Gasteiger partial charge in [-0.2, -0.15) is 0 Å². The molecule has 3 heteroatoms. The molecular weight excluding hydrogens is 212 g/mol. The molecule has 1 aliphatic rings. The lowest BCUT2D eigenvalue weighted by Gasteiger charge is -2.42. The van der Waals surface area contributed by atoms with Crippen molar-refractivity contribution in [2.75, 3.05) is 33.9 Å². The van der Waals surface area contributed by atoms with Gasteiger partial charge in [0.2, 0.25) is 0 Å². The number of likely N-dealkylation sites (N-methyl/N-ethyl adjacent to an activating group) is 1. The van der Waals surface area contributed by atoms with Gasteiger partial charge < -0.3 is 15.4 Å². The lowest BCUT2D eigenvalue weighted by molar-refractivity contribution is 0.0582. The highest BCUT2D eigenvalue weighted by molar-refractivity contribution is 4.88. The summed E-state index contributed by atoms with van der Waals surface area (Å²) in [4.78, 5) is 2.41. The first kappa shape index (κ1) is 14.9. The molecule has 0 aliphatic heterocycles. The molecule has 2 N–H and O–H groups in total. The molecule has 0 heterocycles. The number of ether oxygens (including phenoxy) is 1. The zero-order valence-electron chi connectivity index (χ0n) is 12.0. The highest BCUT2D eigenvalue weighted by Crippen LogP contribution is 2.38. The lowest BCUT2D eigenvalue weighted by atomic mass is 9.70. The normalized spacial score (nSPS) is 31.8. The fraction of sp³-hybridized carbons (Fsp3) is 1.00. The first-order chi connectivity index (χ1) is 8.03. The van der Waals surface area contributed by atoms with Gasteiger partial charge in [0.25, 0.3) is 0 Å². The average Bonchev–Trinajstić information content (AvgIpc) is 2.33. The summed E-state index contributed by atoms with van der Waals surface area (Å²) >= 11 is 0. The first-order valence-corrected chi connectivity index (χ1v) is 6.92. The highest BCUT2D eigenvalue weighted by atomic mass is 16.5. The van der Waals surface area contributed by atoms with Gasteiger partial charge in [-0.05, 0) is 44.7 Å². The van der Waals surface area contributed by atoms with Gasteiger partial charge in [0.1, 0.15) is 0 Å². The monoisotopic (exact) mass is 242 g/mol. The summed E-state index contributed by atoms with van der Waals surface area (Å²) in [6.45, 7) is 7.31. The topological polar surface area (TPSA) is 38.5 Å². The van der Waals surface area contributed by atoms with E-state index >= 15 is 0 Å². The van der Waals surface area contributed by atoms with E-state index in [1.54, 1.807) is 7.11 Å². The van der Waals surface area contributed by atoms with E-state index in [-0.39, 0.29) is 0 Å². The molecule has 3 nitrogen and oxygen atoms in total. The molecule has 102 valence electrons. The number of methoxy groups -OCH3 is 1. The maximum atomic E-state index is 6.05. The number of nitrogens with zero attached hydrogens (tertiary/aromatic N) is 1. The molecule has 1 fully saturated rings. The minimum absolute atomic E-state index is 0.350. The standard InChI is InChI=1S/C14H30N2O/c1-12-5-7-14(10-15,8-6-12)11-16(3)13(2)9-17-4/h12-13H,5-11,15H2,1-4H3. The third-order valence-electron chi connectivity index (χ3n) is 4.51. The summed E-state index contributed by atoms with van der Waals surface area (Å²) in [6.07, 6.45) is 5.25. The van der Waals surface area contributed by atoms with Gasteiger partial charge in [-0.25, -0.2) is 0 Å². The van der Waals surface area contributed by atoms with Crippen molar-refractivity contribution in [3.8, 4) is 0 Å². The molecule has 0 radical (unpaired) electrons. The Kier molecular flexibility index (Phi) is 5.90. The molecular formula is C14H30N2O. The van der Waals surface area contributed by atoms with E-state index in [4.69, 9.17) is 10.5 Å². The molecule has 1 rings (SSSR count). The summed E-state index contributed by atoms with van der Waals surface area (Å²) in [5.74, 6) is 0.886. The SMILES string of the molecule is COCC(C)N(C)CC1(CN)CCC(C)CC1. The number of hydrogen-bond donors (Lipinski definition) is 1. The molecule has 1 aliphatic carbocycles. The predicted molar refractivity (Wildman–Crippen MR) is 73.1 cm³/mol. The highest BCUT2D eigenvalue weighted by Gasteiger charge is 2.34. The van der Waals surface area contributed by atoms with Crippen molar-refractivity contribution >= 4 is 0 Å². The molecule has 0 aromatic carbocycles. The van der Waals surface area contributed by atoms with Crippen molar-refractivity contribution in [1.82, 2.24) is 4.90 Å². The largest absolute Gasteiger partial charge is 0.383 e. The van der Waals surface area contributed by atoms with E-state index in [0.717, 1.165) is 25.6 Å². The molecule has 1 saturated carbocycles. The Labute approximate surface area is 107 Å². The number of hydrogen-bond acceptors (Lipinski definition) is 3. The Morgan fingerprint density at radius 3 is 2.47 bits per heavy atom. The van der Waals surface area contributed by atoms with E-state index < -0.39 is 0 Å². The maximum Gasteiger partial charge on any atom is 0.0615 e. The van der Waals surface area contributed by atoms with Gasteiger partial charge in [0, 0.05) is 19.7 Å².